The van der Waals surface area contributed by atoms with Crippen molar-refractivity contribution in [3.63, 3.8) is 0 Å². The zero-order valence-electron chi connectivity index (χ0n) is 28.8. The van der Waals surface area contributed by atoms with Gasteiger partial charge in [0.25, 0.3) is 11.8 Å². The average Bonchev–Trinajstić information content (AvgIpc) is 3.94. The van der Waals surface area contributed by atoms with Crippen LogP contribution in [0.5, 0.6) is 0 Å². The minimum atomic E-state index is -0.565. The van der Waals surface area contributed by atoms with Crippen LogP contribution in [0.1, 0.15) is 54.4 Å². The highest BCUT2D eigenvalue weighted by molar-refractivity contribution is 7.17. The fourth-order valence-electron chi connectivity index (χ4n) is 5.20. The van der Waals surface area contributed by atoms with E-state index >= 15 is 0 Å². The Balaban J connectivity index is 0.000000212. The Bertz CT molecular complexity index is 2200. The second kappa shape index (κ2) is 20.0. The highest BCUT2D eigenvalue weighted by Crippen LogP contribution is 2.26. The van der Waals surface area contributed by atoms with Gasteiger partial charge in [0, 0.05) is 27.1 Å². The van der Waals surface area contributed by atoms with Gasteiger partial charge >= 0.3 is 5.00 Å². The Labute approximate surface area is 334 Å². The van der Waals surface area contributed by atoms with Crippen molar-refractivity contribution in [3.05, 3.63) is 191 Å². The Morgan fingerprint density at radius 1 is 0.600 bits per heavy atom. The minimum absolute atomic E-state index is 0.0917. The van der Waals surface area contributed by atoms with E-state index in [1.807, 2.05) is 90.3 Å². The lowest BCUT2D eigenvalue weighted by Crippen LogP contribution is -2.38. The van der Waals surface area contributed by atoms with Crippen LogP contribution in [-0.4, -0.2) is 41.6 Å². The third kappa shape index (κ3) is 12.1. The third-order valence-electron chi connectivity index (χ3n) is 7.88. The molecular weight excluding hydrogens is 782 g/mol. The summed E-state index contributed by atoms with van der Waals surface area (Å²) >= 11 is 14.1. The molecule has 0 aliphatic carbocycles. The predicted molar refractivity (Wildman–Crippen MR) is 216 cm³/mol. The maximum Gasteiger partial charge on any atom is 0.324 e. The number of amides is 4. The molecule has 0 bridgehead atoms. The molecule has 6 rings (SSSR count). The normalized spacial score (nSPS) is 11.5. The van der Waals surface area contributed by atoms with Crippen LogP contribution in [0, 0.1) is 10.1 Å². The van der Waals surface area contributed by atoms with Crippen molar-refractivity contribution in [2.24, 2.45) is 0 Å². The molecule has 4 amide bonds. The van der Waals surface area contributed by atoms with Crippen molar-refractivity contribution in [2.45, 2.75) is 12.1 Å². The van der Waals surface area contributed by atoms with Gasteiger partial charge < -0.3 is 21.3 Å². The van der Waals surface area contributed by atoms with Gasteiger partial charge in [-0.25, -0.2) is 0 Å². The summed E-state index contributed by atoms with van der Waals surface area (Å²) in [6.07, 6.45) is 0. The highest BCUT2D eigenvalue weighted by Gasteiger charge is 2.20. The van der Waals surface area contributed by atoms with E-state index in [0.29, 0.717) is 15.6 Å². The minimum Gasteiger partial charge on any atom is -0.344 e. The molecule has 6 aromatic rings. The molecule has 15 heteroatoms. The molecule has 4 aromatic carbocycles. The van der Waals surface area contributed by atoms with Crippen molar-refractivity contribution in [1.82, 2.24) is 21.3 Å². The fraction of sp³-hybridized carbons (Fsp3) is 0.100. The van der Waals surface area contributed by atoms with E-state index in [4.69, 9.17) is 23.2 Å². The molecule has 0 aliphatic rings. The van der Waals surface area contributed by atoms with E-state index in [0.717, 1.165) is 33.6 Å². The quantitative estimate of drug-likeness (QED) is 0.0684. The van der Waals surface area contributed by atoms with Crippen molar-refractivity contribution in [3.8, 4) is 0 Å². The van der Waals surface area contributed by atoms with Crippen molar-refractivity contribution >= 4 is 74.5 Å². The lowest BCUT2D eigenvalue weighted by atomic mass is 9.98. The first-order valence-corrected chi connectivity index (χ1v) is 19.1. The van der Waals surface area contributed by atoms with Gasteiger partial charge in [0.1, 0.15) is 0 Å². The Morgan fingerprint density at radius 3 is 1.47 bits per heavy atom. The standard InChI is InChI=1S/C20H16ClN3O4S.C20H17ClN2O2S/c21-15-8-6-14(7-9-15)19(13-4-2-1-3-5-13)23-17(25)12-22-20(26)16-10-11-18(29-16)24(27)28;21-17-8-6-15(7-9-17)19(14-4-2-1-3-5-14)23-18(24)12-22-20(25)16-10-11-26-13-16/h1-11,19H,12H2,(H,22,26)(H,23,25);1-11,13,19H,12H2,(H,22,25)(H,23,24). The Morgan fingerprint density at radius 2 is 1.05 bits per heavy atom. The predicted octanol–water partition coefficient (Wildman–Crippen LogP) is 7.98. The van der Waals surface area contributed by atoms with Crippen LogP contribution >= 0.6 is 45.9 Å². The molecule has 55 heavy (non-hydrogen) atoms. The first-order valence-electron chi connectivity index (χ1n) is 16.6. The number of nitrogens with zero attached hydrogens (tertiary/aromatic N) is 1. The fourth-order valence-corrected chi connectivity index (χ4v) is 6.82. The average molecular weight is 815 g/mol. The van der Waals surface area contributed by atoms with Crippen LogP contribution in [0.4, 0.5) is 5.00 Å². The second-order valence-corrected chi connectivity index (χ2v) is 14.4. The van der Waals surface area contributed by atoms with Crippen LogP contribution in [0.25, 0.3) is 0 Å². The summed E-state index contributed by atoms with van der Waals surface area (Å²) in [6, 6.07) is 37.1. The molecule has 0 aliphatic heterocycles. The van der Waals surface area contributed by atoms with Crippen molar-refractivity contribution in [1.29, 1.82) is 0 Å². The maximum atomic E-state index is 12.5. The van der Waals surface area contributed by atoms with Crippen LogP contribution in [0.15, 0.2) is 138 Å². The van der Waals surface area contributed by atoms with Crippen LogP contribution in [-0.2, 0) is 9.59 Å². The van der Waals surface area contributed by atoms with Crippen LogP contribution in [0.3, 0.4) is 0 Å². The monoisotopic (exact) mass is 813 g/mol. The number of hydrogen-bond donors (Lipinski definition) is 4. The molecule has 2 aromatic heterocycles. The van der Waals surface area contributed by atoms with Gasteiger partial charge in [-0.1, -0.05) is 119 Å². The number of rotatable bonds is 13. The van der Waals surface area contributed by atoms with E-state index in [-0.39, 0.29) is 40.8 Å². The van der Waals surface area contributed by atoms with E-state index in [1.165, 1.54) is 23.5 Å². The molecule has 280 valence electrons. The Hall–Kier alpha value is -5.86. The number of thiophene rings is 2. The zero-order chi connectivity index (χ0) is 39.2. The summed E-state index contributed by atoms with van der Waals surface area (Å²) in [7, 11) is 0. The zero-order valence-corrected chi connectivity index (χ0v) is 32.0. The van der Waals surface area contributed by atoms with E-state index in [9.17, 15) is 29.3 Å². The number of nitro groups is 1. The molecule has 2 unspecified atom stereocenters. The van der Waals surface area contributed by atoms with E-state index < -0.39 is 22.8 Å². The van der Waals surface area contributed by atoms with Crippen molar-refractivity contribution in [2.75, 3.05) is 13.1 Å². The molecule has 0 radical (unpaired) electrons. The van der Waals surface area contributed by atoms with Gasteiger partial charge in [0.05, 0.1) is 35.0 Å². The van der Waals surface area contributed by atoms with Gasteiger partial charge in [-0.3, -0.25) is 29.3 Å². The highest BCUT2D eigenvalue weighted by atomic mass is 35.5. The van der Waals surface area contributed by atoms with E-state index in [2.05, 4.69) is 21.3 Å². The molecule has 11 nitrogen and oxygen atoms in total. The SMILES string of the molecule is O=C(CNC(=O)c1ccc([N+](=O)[O-])s1)NC(c1ccccc1)c1ccc(Cl)cc1.O=C(CNC(=O)c1ccsc1)NC(c1ccccc1)c1ccc(Cl)cc1. The lowest BCUT2D eigenvalue weighted by Gasteiger charge is -2.20. The molecule has 0 saturated carbocycles. The maximum absolute atomic E-state index is 12.5. The van der Waals surface area contributed by atoms with Gasteiger partial charge in [-0.15, -0.1) is 0 Å². The molecular formula is C40H33Cl2N5O6S2. The summed E-state index contributed by atoms with van der Waals surface area (Å²) in [5, 5.41) is 26.4. The number of carbonyl (C=O) groups excluding carboxylic acids is 4. The number of halogens is 2. The molecule has 2 heterocycles. The Kier molecular flexibility index (Phi) is 14.7. The van der Waals surface area contributed by atoms with Crippen LogP contribution in [0.2, 0.25) is 10.0 Å². The van der Waals surface area contributed by atoms with Gasteiger partial charge in [0.2, 0.25) is 11.8 Å². The van der Waals surface area contributed by atoms with Crippen LogP contribution < -0.4 is 21.3 Å². The molecule has 0 fully saturated rings. The van der Waals surface area contributed by atoms with Crippen molar-refractivity contribution < 1.29 is 24.1 Å². The second-order valence-electron chi connectivity index (χ2n) is 11.7. The first kappa shape index (κ1) is 40.3. The molecule has 4 N–H and O–H groups in total. The molecule has 0 spiro atoms. The van der Waals surface area contributed by atoms with E-state index in [1.54, 1.807) is 35.7 Å². The number of benzene rings is 4. The smallest absolute Gasteiger partial charge is 0.324 e. The first-order chi connectivity index (χ1) is 26.6. The molecule has 2 atom stereocenters. The number of hydrogen-bond acceptors (Lipinski definition) is 8. The number of carbonyl (C=O) groups is 4. The third-order valence-corrected chi connectivity index (χ3v) is 10.1. The summed E-state index contributed by atoms with van der Waals surface area (Å²) in [5.74, 6) is -1.46. The van der Waals surface area contributed by atoms with Gasteiger partial charge in [-0.05, 0) is 64.0 Å². The molecule has 0 saturated heterocycles. The summed E-state index contributed by atoms with van der Waals surface area (Å²) in [6.45, 7) is -0.354. The lowest BCUT2D eigenvalue weighted by molar-refractivity contribution is -0.380. The summed E-state index contributed by atoms with van der Waals surface area (Å²) in [4.78, 5) is 59.3. The van der Waals surface area contributed by atoms with Gasteiger partial charge in [0.15, 0.2) is 0 Å². The number of nitrogens with one attached hydrogen (secondary N) is 4. The largest absolute Gasteiger partial charge is 0.344 e. The summed E-state index contributed by atoms with van der Waals surface area (Å²) in [5.41, 5.74) is 4.14. The summed E-state index contributed by atoms with van der Waals surface area (Å²) < 4.78 is 0. The topological polar surface area (TPSA) is 160 Å². The van der Waals surface area contributed by atoms with Gasteiger partial charge in [-0.2, -0.15) is 11.3 Å².